The van der Waals surface area contributed by atoms with Crippen LogP contribution < -0.4 is 10.6 Å². The number of nitrogens with zero attached hydrogens (tertiary/aromatic N) is 3. The van der Waals surface area contributed by atoms with Gasteiger partial charge in [0.05, 0.1) is 11.4 Å². The van der Waals surface area contributed by atoms with Gasteiger partial charge in [-0.1, -0.05) is 0 Å². The first kappa shape index (κ1) is 17.7. The molecular weight excluding hydrogens is 351 g/mol. The predicted molar refractivity (Wildman–Crippen MR) is 85.3 cm³/mol. The summed E-state index contributed by atoms with van der Waals surface area (Å²) in [5.74, 6) is -1.22. The van der Waals surface area contributed by atoms with Crippen LogP contribution in [0.1, 0.15) is 36.0 Å². The standard InChI is InChI=1S/C16H22F3N5O2/c17-16(18,19)13-22-12(11-7-20-3-6-24(11)13)10-1-4-23(5-2-10)14(25)15(26)8-21-9-15/h10,20-21,26H,1-9H2. The molecule has 4 rings (SSSR count). The number of likely N-dealkylation sites (tertiary alicyclic amines) is 1. The number of alkyl halides is 3. The van der Waals surface area contributed by atoms with Crippen LogP contribution in [0.15, 0.2) is 0 Å². The molecule has 2 fully saturated rings. The molecule has 26 heavy (non-hydrogen) atoms. The first-order chi connectivity index (χ1) is 12.3. The molecule has 10 heteroatoms. The number of halogens is 3. The zero-order chi connectivity index (χ0) is 18.5. The molecule has 7 nitrogen and oxygen atoms in total. The summed E-state index contributed by atoms with van der Waals surface area (Å²) in [4.78, 5) is 18.0. The van der Waals surface area contributed by atoms with Gasteiger partial charge in [-0.2, -0.15) is 13.2 Å². The molecule has 3 N–H and O–H groups in total. The highest BCUT2D eigenvalue weighted by Crippen LogP contribution is 2.36. The van der Waals surface area contributed by atoms with E-state index < -0.39 is 17.6 Å². The van der Waals surface area contributed by atoms with Crippen molar-refractivity contribution in [1.29, 1.82) is 0 Å². The van der Waals surface area contributed by atoms with E-state index in [1.165, 1.54) is 4.57 Å². The number of hydrogen-bond donors (Lipinski definition) is 3. The molecule has 144 valence electrons. The lowest BCUT2D eigenvalue weighted by atomic mass is 9.89. The highest BCUT2D eigenvalue weighted by Gasteiger charge is 2.46. The van der Waals surface area contributed by atoms with Gasteiger partial charge in [0, 0.05) is 51.7 Å². The van der Waals surface area contributed by atoms with Crippen molar-refractivity contribution in [2.45, 2.75) is 43.6 Å². The molecule has 3 aliphatic heterocycles. The Labute approximate surface area is 148 Å². The Morgan fingerprint density at radius 3 is 2.46 bits per heavy atom. The highest BCUT2D eigenvalue weighted by molar-refractivity contribution is 5.86. The topological polar surface area (TPSA) is 82.4 Å². The average molecular weight is 373 g/mol. The third-order valence-electron chi connectivity index (χ3n) is 5.56. The number of imidazole rings is 1. The second-order valence-corrected chi connectivity index (χ2v) is 7.30. The number of fused-ring (bicyclic) bond motifs is 1. The highest BCUT2D eigenvalue weighted by atomic mass is 19.4. The maximum Gasteiger partial charge on any atom is 0.449 e. The smallest absolute Gasteiger partial charge is 0.377 e. The molecule has 3 aliphatic rings. The van der Waals surface area contributed by atoms with E-state index in [9.17, 15) is 23.1 Å². The molecule has 4 heterocycles. The second kappa shape index (κ2) is 6.21. The Morgan fingerprint density at radius 1 is 1.19 bits per heavy atom. The van der Waals surface area contributed by atoms with Gasteiger partial charge in [0.25, 0.3) is 5.91 Å². The van der Waals surface area contributed by atoms with Gasteiger partial charge in [-0.25, -0.2) is 4.98 Å². The summed E-state index contributed by atoms with van der Waals surface area (Å²) in [5.41, 5.74) is -0.218. The molecule has 1 aromatic rings. The van der Waals surface area contributed by atoms with Gasteiger partial charge in [0.15, 0.2) is 5.60 Å². The summed E-state index contributed by atoms with van der Waals surface area (Å²) in [6.45, 7) is 2.48. The fraction of sp³-hybridized carbons (Fsp3) is 0.750. The van der Waals surface area contributed by atoms with Gasteiger partial charge >= 0.3 is 6.18 Å². The Hall–Kier alpha value is -1.65. The van der Waals surface area contributed by atoms with Gasteiger partial charge in [-0.05, 0) is 12.8 Å². The molecule has 0 radical (unpaired) electrons. The summed E-state index contributed by atoms with van der Waals surface area (Å²) < 4.78 is 41.2. The van der Waals surface area contributed by atoms with Crippen LogP contribution in [0.3, 0.4) is 0 Å². The number of β-amino-alcohol motifs (C(OH)–C–C–N with tert-alkyl or cyclic N) is 1. The first-order valence-electron chi connectivity index (χ1n) is 8.89. The maximum absolute atomic E-state index is 13.3. The number of piperidine rings is 1. The van der Waals surface area contributed by atoms with Gasteiger partial charge < -0.3 is 25.2 Å². The Kier molecular flexibility index (Phi) is 4.24. The minimum absolute atomic E-state index is 0.106. The number of aliphatic hydroxyl groups is 1. The fourth-order valence-electron chi connectivity index (χ4n) is 4.04. The van der Waals surface area contributed by atoms with Gasteiger partial charge in [0.2, 0.25) is 5.82 Å². The Balaban J connectivity index is 1.51. The van der Waals surface area contributed by atoms with Gasteiger partial charge in [0.1, 0.15) is 0 Å². The summed E-state index contributed by atoms with van der Waals surface area (Å²) >= 11 is 0. The van der Waals surface area contributed by atoms with E-state index in [-0.39, 0.29) is 31.5 Å². The lowest BCUT2D eigenvalue weighted by Crippen LogP contribution is -2.68. The van der Waals surface area contributed by atoms with E-state index in [0.29, 0.717) is 50.4 Å². The average Bonchev–Trinajstić information content (AvgIpc) is 2.99. The quantitative estimate of drug-likeness (QED) is 0.682. The number of rotatable bonds is 2. The van der Waals surface area contributed by atoms with Crippen molar-refractivity contribution < 1.29 is 23.1 Å². The van der Waals surface area contributed by atoms with E-state index in [2.05, 4.69) is 15.6 Å². The molecule has 0 aliphatic carbocycles. The summed E-state index contributed by atoms with van der Waals surface area (Å²) in [6, 6.07) is 0. The molecule has 2 saturated heterocycles. The van der Waals surface area contributed by atoms with Crippen LogP contribution >= 0.6 is 0 Å². The van der Waals surface area contributed by atoms with Crippen LogP contribution in [0.5, 0.6) is 0 Å². The minimum Gasteiger partial charge on any atom is -0.377 e. The van der Waals surface area contributed by atoms with E-state index in [1.807, 2.05) is 0 Å². The SMILES string of the molecule is O=C(N1CCC(c2nc(C(F)(F)F)n3c2CNCC3)CC1)C1(O)CNC1. The number of amides is 1. The number of aromatic nitrogens is 2. The van der Waals surface area contributed by atoms with Crippen LogP contribution in [0.25, 0.3) is 0 Å². The van der Waals surface area contributed by atoms with E-state index in [1.54, 1.807) is 4.90 Å². The Morgan fingerprint density at radius 2 is 1.88 bits per heavy atom. The first-order valence-corrected chi connectivity index (χ1v) is 8.89. The summed E-state index contributed by atoms with van der Waals surface area (Å²) in [7, 11) is 0. The molecule has 0 bridgehead atoms. The van der Waals surface area contributed by atoms with E-state index in [4.69, 9.17) is 0 Å². The van der Waals surface area contributed by atoms with Crippen LogP contribution in [0.4, 0.5) is 13.2 Å². The summed E-state index contributed by atoms with van der Waals surface area (Å²) in [6.07, 6.45) is -3.37. The number of nitrogens with one attached hydrogen (secondary N) is 2. The number of hydrogen-bond acceptors (Lipinski definition) is 5. The van der Waals surface area contributed by atoms with E-state index >= 15 is 0 Å². The zero-order valence-corrected chi connectivity index (χ0v) is 14.3. The van der Waals surface area contributed by atoms with Crippen LogP contribution in [0.2, 0.25) is 0 Å². The van der Waals surface area contributed by atoms with Crippen molar-refractivity contribution in [2.24, 2.45) is 0 Å². The van der Waals surface area contributed by atoms with Crippen molar-refractivity contribution in [3.8, 4) is 0 Å². The lowest BCUT2D eigenvalue weighted by Gasteiger charge is -2.42. The van der Waals surface area contributed by atoms with Crippen molar-refractivity contribution in [2.75, 3.05) is 32.7 Å². The Bertz CT molecular complexity index is 705. The minimum atomic E-state index is -4.47. The molecule has 0 unspecified atom stereocenters. The fourth-order valence-corrected chi connectivity index (χ4v) is 4.04. The normalized spacial score (nSPS) is 23.5. The van der Waals surface area contributed by atoms with Crippen LogP contribution in [0, 0.1) is 0 Å². The molecule has 0 aromatic carbocycles. The number of carbonyl (C=O) groups excluding carboxylic acids is 1. The molecular formula is C16H22F3N5O2. The zero-order valence-electron chi connectivity index (χ0n) is 14.3. The third-order valence-corrected chi connectivity index (χ3v) is 5.56. The van der Waals surface area contributed by atoms with Crippen molar-refractivity contribution >= 4 is 5.91 Å². The van der Waals surface area contributed by atoms with E-state index in [0.717, 1.165) is 0 Å². The van der Waals surface area contributed by atoms with Crippen molar-refractivity contribution in [1.82, 2.24) is 25.1 Å². The van der Waals surface area contributed by atoms with Crippen LogP contribution in [-0.4, -0.2) is 63.8 Å². The molecule has 0 atom stereocenters. The molecule has 0 spiro atoms. The second-order valence-electron chi connectivity index (χ2n) is 7.30. The largest absolute Gasteiger partial charge is 0.449 e. The third kappa shape index (κ3) is 2.89. The van der Waals surface area contributed by atoms with Crippen molar-refractivity contribution in [3.05, 3.63) is 17.2 Å². The molecule has 1 aromatic heterocycles. The predicted octanol–water partition coefficient (Wildman–Crippen LogP) is 0.0454. The number of carbonyl (C=O) groups is 1. The molecule has 0 saturated carbocycles. The maximum atomic E-state index is 13.3. The summed E-state index contributed by atoms with van der Waals surface area (Å²) in [5, 5.41) is 16.2. The molecule has 1 amide bonds. The van der Waals surface area contributed by atoms with Gasteiger partial charge in [-0.3, -0.25) is 4.79 Å². The van der Waals surface area contributed by atoms with Crippen molar-refractivity contribution in [3.63, 3.8) is 0 Å². The van der Waals surface area contributed by atoms with Crippen LogP contribution in [-0.2, 0) is 24.1 Å². The lowest BCUT2D eigenvalue weighted by molar-refractivity contribution is -0.157. The monoisotopic (exact) mass is 373 g/mol. The van der Waals surface area contributed by atoms with Gasteiger partial charge in [-0.15, -0.1) is 0 Å².